The quantitative estimate of drug-likeness (QED) is 0.510. The molecule has 0 atom stereocenters. The van der Waals surface area contributed by atoms with Crippen LogP contribution in [0.5, 0.6) is 0 Å². The molecule has 3 amide bonds. The van der Waals surface area contributed by atoms with Crippen molar-refractivity contribution in [3.63, 3.8) is 0 Å². The second-order valence-electron chi connectivity index (χ2n) is 9.54. The largest absolute Gasteiger partial charge is 0.345 e. The molecular formula is C23H47N3O3. The van der Waals surface area contributed by atoms with Crippen molar-refractivity contribution in [2.24, 2.45) is 17.8 Å². The zero-order valence-electron chi connectivity index (χ0n) is 20.9. The summed E-state index contributed by atoms with van der Waals surface area (Å²) in [6.07, 6.45) is 1.61. The topological polar surface area (TPSA) is 60.9 Å². The summed E-state index contributed by atoms with van der Waals surface area (Å²) in [5, 5.41) is 0. The second kappa shape index (κ2) is 15.3. The minimum Gasteiger partial charge on any atom is -0.345 e. The molecule has 0 saturated carbocycles. The summed E-state index contributed by atoms with van der Waals surface area (Å²) in [5.41, 5.74) is 0. The molecule has 29 heavy (non-hydrogen) atoms. The van der Waals surface area contributed by atoms with Gasteiger partial charge in [0, 0.05) is 46.7 Å². The van der Waals surface area contributed by atoms with Crippen molar-refractivity contribution in [3.8, 4) is 0 Å². The summed E-state index contributed by atoms with van der Waals surface area (Å²) in [4.78, 5) is 40.0. The standard InChI is InChI=1S/C13H26N2O2.C10H21NO/c1-10(2)7-8-14(5)12(16)9-13(17)15(6)11(3)4;1-8(2)6-10(12)11(5)7-9(3)4/h10-11H,7-9H2,1-6H3;8-9H,6-7H2,1-5H3. The van der Waals surface area contributed by atoms with Crippen LogP contribution < -0.4 is 0 Å². The predicted octanol–water partition coefficient (Wildman–Crippen LogP) is 3.89. The Hall–Kier alpha value is -1.59. The van der Waals surface area contributed by atoms with Crippen molar-refractivity contribution >= 4 is 17.7 Å². The summed E-state index contributed by atoms with van der Waals surface area (Å²) >= 11 is 0. The first-order valence-electron chi connectivity index (χ1n) is 10.9. The first-order chi connectivity index (χ1) is 13.2. The lowest BCUT2D eigenvalue weighted by atomic mass is 10.1. The minimum absolute atomic E-state index is 0.0245. The van der Waals surface area contributed by atoms with E-state index < -0.39 is 0 Å². The van der Waals surface area contributed by atoms with Crippen LogP contribution in [-0.4, -0.2) is 72.7 Å². The molecule has 0 radical (unpaired) electrons. The van der Waals surface area contributed by atoms with Crippen molar-refractivity contribution in [2.75, 3.05) is 34.2 Å². The van der Waals surface area contributed by atoms with Gasteiger partial charge in [0.05, 0.1) is 0 Å². The number of carbonyl (C=O) groups is 3. The summed E-state index contributed by atoms with van der Waals surface area (Å²) < 4.78 is 0. The first kappa shape index (κ1) is 29.6. The van der Waals surface area contributed by atoms with Gasteiger partial charge in [0.1, 0.15) is 6.42 Å². The van der Waals surface area contributed by atoms with Gasteiger partial charge in [0.2, 0.25) is 17.7 Å². The van der Waals surface area contributed by atoms with E-state index in [9.17, 15) is 14.4 Å². The van der Waals surface area contributed by atoms with Crippen LogP contribution in [0.4, 0.5) is 0 Å². The molecule has 6 heteroatoms. The fraction of sp³-hybridized carbons (Fsp3) is 0.870. The summed E-state index contributed by atoms with van der Waals surface area (Å²) in [6, 6.07) is 0.135. The minimum atomic E-state index is -0.110. The van der Waals surface area contributed by atoms with Gasteiger partial charge in [-0.25, -0.2) is 0 Å². The van der Waals surface area contributed by atoms with E-state index in [-0.39, 0.29) is 30.2 Å². The molecule has 0 heterocycles. The maximum atomic E-state index is 11.8. The zero-order valence-corrected chi connectivity index (χ0v) is 20.9. The van der Waals surface area contributed by atoms with E-state index in [0.29, 0.717) is 24.2 Å². The average molecular weight is 414 g/mol. The Labute approximate surface area is 180 Å². The molecular weight excluding hydrogens is 366 g/mol. The molecule has 172 valence electrons. The number of hydrogen-bond donors (Lipinski definition) is 0. The second-order valence-corrected chi connectivity index (χ2v) is 9.54. The van der Waals surface area contributed by atoms with Crippen LogP contribution in [0.2, 0.25) is 0 Å². The molecule has 0 aliphatic heterocycles. The smallest absolute Gasteiger partial charge is 0.231 e. The first-order valence-corrected chi connectivity index (χ1v) is 10.9. The Bertz CT molecular complexity index is 488. The fourth-order valence-electron chi connectivity index (χ4n) is 2.41. The van der Waals surface area contributed by atoms with E-state index in [2.05, 4.69) is 41.5 Å². The molecule has 0 spiro atoms. The molecule has 0 aromatic rings. The van der Waals surface area contributed by atoms with Gasteiger partial charge >= 0.3 is 0 Å². The lowest BCUT2D eigenvalue weighted by molar-refractivity contribution is -0.140. The summed E-state index contributed by atoms with van der Waals surface area (Å²) in [7, 11) is 5.37. The third-order valence-corrected chi connectivity index (χ3v) is 4.59. The number of amides is 3. The van der Waals surface area contributed by atoms with E-state index >= 15 is 0 Å². The van der Waals surface area contributed by atoms with Crippen molar-refractivity contribution in [1.82, 2.24) is 14.7 Å². The van der Waals surface area contributed by atoms with E-state index in [1.165, 1.54) is 0 Å². The van der Waals surface area contributed by atoms with Crippen LogP contribution in [0.25, 0.3) is 0 Å². The Morgan fingerprint density at radius 3 is 1.55 bits per heavy atom. The number of hydrogen-bond acceptors (Lipinski definition) is 3. The third kappa shape index (κ3) is 16.0. The van der Waals surface area contributed by atoms with Gasteiger partial charge in [-0.05, 0) is 38.0 Å². The van der Waals surface area contributed by atoms with Crippen molar-refractivity contribution in [1.29, 1.82) is 0 Å². The molecule has 0 N–H and O–H groups in total. The Kier molecular flexibility index (Phi) is 15.6. The maximum Gasteiger partial charge on any atom is 0.231 e. The molecule has 0 aromatic heterocycles. The Balaban J connectivity index is 0. The van der Waals surface area contributed by atoms with Crippen molar-refractivity contribution in [2.45, 2.75) is 80.7 Å². The van der Waals surface area contributed by atoms with Gasteiger partial charge in [-0.15, -0.1) is 0 Å². The SMILES string of the molecule is CC(C)CC(=O)N(C)CC(C)C.CC(C)CCN(C)C(=O)CC(=O)N(C)C(C)C. The van der Waals surface area contributed by atoms with Crippen LogP contribution in [0, 0.1) is 17.8 Å². The number of carbonyl (C=O) groups excluding carboxylic acids is 3. The highest BCUT2D eigenvalue weighted by molar-refractivity contribution is 5.96. The predicted molar refractivity (Wildman–Crippen MR) is 122 cm³/mol. The van der Waals surface area contributed by atoms with Crippen molar-refractivity contribution in [3.05, 3.63) is 0 Å². The summed E-state index contributed by atoms with van der Waals surface area (Å²) in [6.45, 7) is 18.1. The zero-order chi connectivity index (χ0) is 23.3. The fourth-order valence-corrected chi connectivity index (χ4v) is 2.41. The van der Waals surface area contributed by atoms with Gasteiger partial charge < -0.3 is 14.7 Å². The number of nitrogens with zero attached hydrogens (tertiary/aromatic N) is 3. The van der Waals surface area contributed by atoms with Crippen molar-refractivity contribution < 1.29 is 14.4 Å². The Morgan fingerprint density at radius 1 is 0.655 bits per heavy atom. The van der Waals surface area contributed by atoms with Crippen LogP contribution >= 0.6 is 0 Å². The molecule has 0 rings (SSSR count). The molecule has 0 aliphatic rings. The summed E-state index contributed by atoms with van der Waals surface area (Å²) in [5.74, 6) is 1.65. The third-order valence-electron chi connectivity index (χ3n) is 4.59. The van der Waals surface area contributed by atoms with E-state index in [1.54, 1.807) is 23.9 Å². The van der Waals surface area contributed by atoms with Gasteiger partial charge in [0.15, 0.2) is 0 Å². The molecule has 6 nitrogen and oxygen atoms in total. The van der Waals surface area contributed by atoms with E-state index in [4.69, 9.17) is 0 Å². The lowest BCUT2D eigenvalue weighted by Gasteiger charge is -2.23. The Morgan fingerprint density at radius 2 is 1.17 bits per heavy atom. The molecule has 0 fully saturated rings. The average Bonchev–Trinajstić information content (AvgIpc) is 2.57. The van der Waals surface area contributed by atoms with Gasteiger partial charge in [0.25, 0.3) is 0 Å². The molecule has 0 aliphatic carbocycles. The molecule has 0 aromatic carbocycles. The highest BCUT2D eigenvalue weighted by Gasteiger charge is 2.18. The highest BCUT2D eigenvalue weighted by Crippen LogP contribution is 2.05. The van der Waals surface area contributed by atoms with Crippen LogP contribution in [-0.2, 0) is 14.4 Å². The normalized spacial score (nSPS) is 10.9. The maximum absolute atomic E-state index is 11.8. The van der Waals surface area contributed by atoms with Gasteiger partial charge in [-0.1, -0.05) is 41.5 Å². The van der Waals surface area contributed by atoms with Crippen LogP contribution in [0.3, 0.4) is 0 Å². The van der Waals surface area contributed by atoms with Crippen LogP contribution in [0.15, 0.2) is 0 Å². The van der Waals surface area contributed by atoms with Gasteiger partial charge in [-0.3, -0.25) is 14.4 Å². The molecule has 0 bridgehead atoms. The number of rotatable bonds is 10. The molecule has 0 saturated heterocycles. The highest BCUT2D eigenvalue weighted by atomic mass is 16.2. The van der Waals surface area contributed by atoms with E-state index in [0.717, 1.165) is 19.5 Å². The van der Waals surface area contributed by atoms with E-state index in [1.807, 2.05) is 25.8 Å². The van der Waals surface area contributed by atoms with Crippen LogP contribution in [0.1, 0.15) is 74.7 Å². The van der Waals surface area contributed by atoms with Gasteiger partial charge in [-0.2, -0.15) is 0 Å². The monoisotopic (exact) mass is 413 g/mol. The lowest BCUT2D eigenvalue weighted by Crippen LogP contribution is -2.38. The molecule has 0 unspecified atom stereocenters.